The predicted molar refractivity (Wildman–Crippen MR) is 47.6 cm³/mol. The molecule has 6 heteroatoms. The van der Waals surface area contributed by atoms with Crippen molar-refractivity contribution in [1.82, 2.24) is 14.4 Å². The number of carboxylic acids is 1. The number of carbonyl (C=O) groups is 1. The van der Waals surface area contributed by atoms with Gasteiger partial charge in [-0.2, -0.15) is 0 Å². The van der Waals surface area contributed by atoms with Gasteiger partial charge in [-0.15, -0.1) is 0 Å². The molecular formula is C8H8N4O2. The molecule has 0 radical (unpaired) electrons. The van der Waals surface area contributed by atoms with Gasteiger partial charge in [-0.3, -0.25) is 9.20 Å². The van der Waals surface area contributed by atoms with E-state index in [0.717, 1.165) is 0 Å². The van der Waals surface area contributed by atoms with Crippen molar-refractivity contribution < 1.29 is 9.90 Å². The lowest BCUT2D eigenvalue weighted by Gasteiger charge is -2.04. The number of aliphatic carboxylic acids is 1. The van der Waals surface area contributed by atoms with Crippen LogP contribution >= 0.6 is 0 Å². The minimum absolute atomic E-state index is 0.417. The van der Waals surface area contributed by atoms with Crippen LogP contribution in [-0.4, -0.2) is 25.4 Å². The van der Waals surface area contributed by atoms with Gasteiger partial charge in [0.15, 0.2) is 0 Å². The Balaban J connectivity index is 2.58. The van der Waals surface area contributed by atoms with E-state index in [1.807, 2.05) is 0 Å². The Bertz CT molecular complexity index is 479. The minimum Gasteiger partial charge on any atom is -0.480 e. The van der Waals surface area contributed by atoms with Crippen molar-refractivity contribution >= 4 is 11.7 Å². The fraction of sp³-hybridized carbons (Fsp3) is 0.125. The smallest absolute Gasteiger partial charge is 0.326 e. The molecule has 0 spiro atoms. The van der Waals surface area contributed by atoms with Crippen LogP contribution in [0.25, 0.3) is 5.78 Å². The molecule has 1 unspecified atom stereocenters. The van der Waals surface area contributed by atoms with Crippen LogP contribution in [0.3, 0.4) is 0 Å². The van der Waals surface area contributed by atoms with Crippen LogP contribution in [0.4, 0.5) is 0 Å². The molecule has 0 aliphatic heterocycles. The second-order valence-corrected chi connectivity index (χ2v) is 2.79. The van der Waals surface area contributed by atoms with Crippen molar-refractivity contribution in [2.75, 3.05) is 0 Å². The zero-order chi connectivity index (χ0) is 10.1. The van der Waals surface area contributed by atoms with E-state index in [2.05, 4.69) is 9.97 Å². The summed E-state index contributed by atoms with van der Waals surface area (Å²) in [6, 6.07) is 0.612. The summed E-state index contributed by atoms with van der Waals surface area (Å²) in [4.78, 5) is 18.5. The Morgan fingerprint density at radius 2 is 2.36 bits per heavy atom. The Kier molecular flexibility index (Phi) is 1.90. The molecule has 0 aliphatic carbocycles. The molecule has 6 nitrogen and oxygen atoms in total. The standard InChI is InChI=1S/C8H8N4O2/c9-6(7(13)14)5-4-11-8-10-2-1-3-12(5)8/h1-4,6H,9H2,(H,13,14). The molecule has 0 saturated heterocycles. The summed E-state index contributed by atoms with van der Waals surface area (Å²) in [6.07, 6.45) is 4.67. The van der Waals surface area contributed by atoms with E-state index in [9.17, 15) is 4.79 Å². The number of hydrogen-bond donors (Lipinski definition) is 2. The van der Waals surface area contributed by atoms with Gasteiger partial charge in [0.25, 0.3) is 0 Å². The number of aromatic nitrogens is 3. The van der Waals surface area contributed by atoms with Gasteiger partial charge in [0.2, 0.25) is 5.78 Å². The van der Waals surface area contributed by atoms with E-state index in [1.165, 1.54) is 6.20 Å². The van der Waals surface area contributed by atoms with Crippen LogP contribution < -0.4 is 5.73 Å². The second-order valence-electron chi connectivity index (χ2n) is 2.79. The molecule has 0 aliphatic rings. The van der Waals surface area contributed by atoms with Crippen molar-refractivity contribution in [2.24, 2.45) is 5.73 Å². The van der Waals surface area contributed by atoms with Crippen molar-refractivity contribution in [3.05, 3.63) is 30.4 Å². The van der Waals surface area contributed by atoms with Crippen LogP contribution in [0.1, 0.15) is 11.7 Å². The summed E-state index contributed by atoms with van der Waals surface area (Å²) in [7, 11) is 0. The van der Waals surface area contributed by atoms with Crippen molar-refractivity contribution in [3.8, 4) is 0 Å². The Morgan fingerprint density at radius 3 is 3.07 bits per heavy atom. The molecule has 0 aromatic carbocycles. The second kappa shape index (κ2) is 3.08. The van der Waals surface area contributed by atoms with Gasteiger partial charge < -0.3 is 10.8 Å². The molecule has 0 amide bonds. The van der Waals surface area contributed by atoms with Crippen molar-refractivity contribution in [3.63, 3.8) is 0 Å². The van der Waals surface area contributed by atoms with Crippen molar-refractivity contribution in [2.45, 2.75) is 6.04 Å². The SMILES string of the molecule is NC(C(=O)O)c1cnc2ncccn12. The van der Waals surface area contributed by atoms with Gasteiger partial charge in [0.05, 0.1) is 11.9 Å². The number of carboxylic acid groups (broad SMARTS) is 1. The first-order valence-corrected chi connectivity index (χ1v) is 3.96. The first-order chi connectivity index (χ1) is 6.70. The van der Waals surface area contributed by atoms with Gasteiger partial charge >= 0.3 is 5.97 Å². The Hall–Kier alpha value is -1.95. The first-order valence-electron chi connectivity index (χ1n) is 3.96. The number of hydrogen-bond acceptors (Lipinski definition) is 4. The lowest BCUT2D eigenvalue weighted by molar-refractivity contribution is -0.138. The predicted octanol–water partition coefficient (Wildman–Crippen LogP) is -0.186. The zero-order valence-electron chi connectivity index (χ0n) is 7.16. The average molecular weight is 192 g/mol. The number of nitrogens with zero attached hydrogens (tertiary/aromatic N) is 3. The third-order valence-electron chi connectivity index (χ3n) is 1.90. The Morgan fingerprint density at radius 1 is 1.57 bits per heavy atom. The van der Waals surface area contributed by atoms with Crippen LogP contribution in [0.15, 0.2) is 24.7 Å². The number of rotatable bonds is 2. The molecule has 2 aromatic rings. The third-order valence-corrected chi connectivity index (χ3v) is 1.90. The van der Waals surface area contributed by atoms with Crippen LogP contribution in [0.5, 0.6) is 0 Å². The number of imidazole rings is 1. The van der Waals surface area contributed by atoms with Gasteiger partial charge in [0.1, 0.15) is 6.04 Å². The monoisotopic (exact) mass is 192 g/mol. The molecule has 14 heavy (non-hydrogen) atoms. The molecule has 3 N–H and O–H groups in total. The van der Waals surface area contributed by atoms with E-state index in [0.29, 0.717) is 11.5 Å². The van der Waals surface area contributed by atoms with E-state index in [4.69, 9.17) is 10.8 Å². The first kappa shape index (κ1) is 8.64. The largest absolute Gasteiger partial charge is 0.480 e. The fourth-order valence-corrected chi connectivity index (χ4v) is 1.20. The number of nitrogens with two attached hydrogens (primary N) is 1. The molecule has 0 fully saturated rings. The molecule has 72 valence electrons. The minimum atomic E-state index is -1.09. The van der Waals surface area contributed by atoms with E-state index in [1.54, 1.807) is 22.9 Å². The lowest BCUT2D eigenvalue weighted by atomic mass is 10.2. The highest BCUT2D eigenvalue weighted by Gasteiger charge is 2.18. The summed E-state index contributed by atoms with van der Waals surface area (Å²) < 4.78 is 1.55. The molecule has 0 bridgehead atoms. The Labute approximate surface area is 79.0 Å². The maximum absolute atomic E-state index is 10.7. The highest BCUT2D eigenvalue weighted by molar-refractivity contribution is 5.74. The molecule has 2 aromatic heterocycles. The quantitative estimate of drug-likeness (QED) is 0.688. The molecule has 2 heterocycles. The molecule has 2 rings (SSSR count). The maximum Gasteiger partial charge on any atom is 0.326 e. The fourth-order valence-electron chi connectivity index (χ4n) is 1.20. The number of fused-ring (bicyclic) bond motifs is 1. The van der Waals surface area contributed by atoms with Crippen LogP contribution in [0.2, 0.25) is 0 Å². The topological polar surface area (TPSA) is 93.5 Å². The van der Waals surface area contributed by atoms with Gasteiger partial charge in [0, 0.05) is 12.4 Å². The summed E-state index contributed by atoms with van der Waals surface area (Å²) in [5.41, 5.74) is 5.88. The third kappa shape index (κ3) is 1.21. The lowest BCUT2D eigenvalue weighted by Crippen LogP contribution is -2.22. The average Bonchev–Trinajstić information content (AvgIpc) is 2.60. The summed E-state index contributed by atoms with van der Waals surface area (Å²) in [5.74, 6) is -0.644. The van der Waals surface area contributed by atoms with E-state index in [-0.39, 0.29) is 0 Å². The maximum atomic E-state index is 10.7. The summed E-state index contributed by atoms with van der Waals surface area (Å²) >= 11 is 0. The highest BCUT2D eigenvalue weighted by atomic mass is 16.4. The molecular weight excluding hydrogens is 184 g/mol. The van der Waals surface area contributed by atoms with Crippen LogP contribution in [-0.2, 0) is 4.79 Å². The highest BCUT2D eigenvalue weighted by Crippen LogP contribution is 2.11. The normalized spacial score (nSPS) is 12.9. The van der Waals surface area contributed by atoms with Gasteiger partial charge in [-0.05, 0) is 6.07 Å². The summed E-state index contributed by atoms with van der Waals surface area (Å²) in [6.45, 7) is 0. The van der Waals surface area contributed by atoms with Gasteiger partial charge in [-0.1, -0.05) is 0 Å². The van der Waals surface area contributed by atoms with Crippen LogP contribution in [0, 0.1) is 0 Å². The molecule has 1 atom stereocenters. The molecule has 0 saturated carbocycles. The van der Waals surface area contributed by atoms with Crippen molar-refractivity contribution in [1.29, 1.82) is 0 Å². The van der Waals surface area contributed by atoms with Gasteiger partial charge in [-0.25, -0.2) is 9.97 Å². The zero-order valence-corrected chi connectivity index (χ0v) is 7.16. The van der Waals surface area contributed by atoms with E-state index >= 15 is 0 Å². The summed E-state index contributed by atoms with van der Waals surface area (Å²) in [5, 5.41) is 8.73. The van der Waals surface area contributed by atoms with E-state index < -0.39 is 12.0 Å².